The Labute approximate surface area is 83.1 Å². The third-order valence-electron chi connectivity index (χ3n) is 1.70. The van der Waals surface area contributed by atoms with Gasteiger partial charge >= 0.3 is 6.03 Å². The maximum absolute atomic E-state index is 11.2. The van der Waals surface area contributed by atoms with Gasteiger partial charge in [-0.15, -0.1) is 0 Å². The molecule has 2 amide bonds. The lowest BCUT2D eigenvalue weighted by Crippen LogP contribution is -2.27. The number of anilines is 1. The molecule has 1 N–H and O–H groups in total. The first-order valence-corrected chi connectivity index (χ1v) is 4.57. The Balaban J connectivity index is 2.55. The number of amides is 2. The molecule has 0 saturated carbocycles. The fraction of sp³-hybridized carbons (Fsp3) is 0.556. The first kappa shape index (κ1) is 10.6. The lowest BCUT2D eigenvalue weighted by Gasteiger charge is -2.08. The molecule has 0 fully saturated rings. The summed E-state index contributed by atoms with van der Waals surface area (Å²) in [7, 11) is 3.34. The molecule has 0 atom stereocenters. The number of nitrogens with zero attached hydrogens (tertiary/aromatic N) is 2. The third kappa shape index (κ3) is 2.76. The van der Waals surface area contributed by atoms with Gasteiger partial charge in [-0.1, -0.05) is 12.1 Å². The average Bonchev–Trinajstić information content (AvgIpc) is 2.53. The van der Waals surface area contributed by atoms with Crippen LogP contribution in [0, 0.1) is 0 Å². The highest BCUT2D eigenvalue weighted by atomic mass is 16.5. The van der Waals surface area contributed by atoms with Crippen LogP contribution in [0.5, 0.6) is 0 Å². The molecule has 1 rings (SSSR count). The van der Waals surface area contributed by atoms with Gasteiger partial charge in [0.1, 0.15) is 5.76 Å². The van der Waals surface area contributed by atoms with E-state index < -0.39 is 0 Å². The summed E-state index contributed by atoms with van der Waals surface area (Å²) in [5, 5.41) is 6.33. The van der Waals surface area contributed by atoms with Crippen molar-refractivity contribution in [3.63, 3.8) is 0 Å². The van der Waals surface area contributed by atoms with Gasteiger partial charge in [0.2, 0.25) is 0 Å². The van der Waals surface area contributed by atoms with Crippen molar-refractivity contribution in [2.24, 2.45) is 0 Å². The van der Waals surface area contributed by atoms with E-state index in [1.165, 1.54) is 4.90 Å². The van der Waals surface area contributed by atoms with Crippen molar-refractivity contribution in [3.8, 4) is 0 Å². The van der Waals surface area contributed by atoms with Gasteiger partial charge < -0.3 is 9.42 Å². The molecule has 5 heteroatoms. The summed E-state index contributed by atoms with van der Waals surface area (Å²) in [5.41, 5.74) is 0. The number of aromatic nitrogens is 1. The molecule has 5 nitrogen and oxygen atoms in total. The molecule has 0 radical (unpaired) electrons. The predicted molar refractivity (Wildman–Crippen MR) is 53.2 cm³/mol. The van der Waals surface area contributed by atoms with Gasteiger partial charge in [-0.25, -0.2) is 4.79 Å². The van der Waals surface area contributed by atoms with Crippen LogP contribution in [0.25, 0.3) is 0 Å². The molecule has 0 aliphatic rings. The van der Waals surface area contributed by atoms with Crippen molar-refractivity contribution >= 4 is 11.8 Å². The minimum Gasteiger partial charge on any atom is -0.359 e. The number of carbonyl (C=O) groups is 1. The molecule has 0 spiro atoms. The van der Waals surface area contributed by atoms with Gasteiger partial charge in [0, 0.05) is 26.6 Å². The number of nitrogens with one attached hydrogen (secondary N) is 1. The highest BCUT2D eigenvalue weighted by Crippen LogP contribution is 2.10. The molecular formula is C9H15N3O2. The Morgan fingerprint density at radius 2 is 2.36 bits per heavy atom. The highest BCUT2D eigenvalue weighted by Gasteiger charge is 2.08. The lowest BCUT2D eigenvalue weighted by atomic mass is 10.3. The fourth-order valence-corrected chi connectivity index (χ4v) is 0.957. The number of urea groups is 1. The van der Waals surface area contributed by atoms with Crippen LogP contribution in [0.15, 0.2) is 10.6 Å². The van der Waals surface area contributed by atoms with Gasteiger partial charge in [0.15, 0.2) is 5.82 Å². The van der Waals surface area contributed by atoms with Crippen LogP contribution >= 0.6 is 0 Å². The highest BCUT2D eigenvalue weighted by molar-refractivity contribution is 5.87. The van der Waals surface area contributed by atoms with E-state index in [2.05, 4.69) is 17.4 Å². The normalized spacial score (nSPS) is 9.93. The van der Waals surface area contributed by atoms with Crippen LogP contribution in [0.3, 0.4) is 0 Å². The van der Waals surface area contributed by atoms with Crippen molar-refractivity contribution in [2.45, 2.75) is 19.8 Å². The lowest BCUT2D eigenvalue weighted by molar-refractivity contribution is 0.230. The fourth-order valence-electron chi connectivity index (χ4n) is 0.957. The van der Waals surface area contributed by atoms with E-state index >= 15 is 0 Å². The Hall–Kier alpha value is -1.52. The van der Waals surface area contributed by atoms with Crippen molar-refractivity contribution in [2.75, 3.05) is 19.4 Å². The summed E-state index contributed by atoms with van der Waals surface area (Å²) in [6.07, 6.45) is 1.83. The standard InChI is InChI=1S/C9H15N3O2/c1-4-5-7-6-8(11-14-7)10-9(13)12(2)3/h6H,4-5H2,1-3H3,(H,10,11,13). The van der Waals surface area contributed by atoms with Crippen molar-refractivity contribution in [3.05, 3.63) is 11.8 Å². The average molecular weight is 197 g/mol. The van der Waals surface area contributed by atoms with E-state index in [0.717, 1.165) is 18.6 Å². The SMILES string of the molecule is CCCc1cc(NC(=O)N(C)C)no1. The minimum absolute atomic E-state index is 0.207. The van der Waals surface area contributed by atoms with Crippen molar-refractivity contribution in [1.29, 1.82) is 0 Å². The van der Waals surface area contributed by atoms with Gasteiger partial charge in [0.25, 0.3) is 0 Å². The Kier molecular flexibility index (Phi) is 3.50. The predicted octanol–water partition coefficient (Wildman–Crippen LogP) is 1.72. The molecule has 14 heavy (non-hydrogen) atoms. The van der Waals surface area contributed by atoms with E-state index in [1.54, 1.807) is 20.2 Å². The maximum Gasteiger partial charge on any atom is 0.322 e. The van der Waals surface area contributed by atoms with Crippen LogP contribution in [0.4, 0.5) is 10.6 Å². The number of carbonyl (C=O) groups excluding carboxylic acids is 1. The Morgan fingerprint density at radius 1 is 1.64 bits per heavy atom. The third-order valence-corrected chi connectivity index (χ3v) is 1.70. The summed E-state index contributed by atoms with van der Waals surface area (Å²) < 4.78 is 5.00. The molecule has 0 aromatic carbocycles. The largest absolute Gasteiger partial charge is 0.359 e. The van der Waals surface area contributed by atoms with E-state index in [9.17, 15) is 4.79 Å². The van der Waals surface area contributed by atoms with E-state index in [0.29, 0.717) is 5.82 Å². The molecular weight excluding hydrogens is 182 g/mol. The summed E-state index contributed by atoms with van der Waals surface area (Å²) >= 11 is 0. The van der Waals surface area contributed by atoms with Gasteiger partial charge in [-0.3, -0.25) is 5.32 Å². The molecule has 0 bridgehead atoms. The van der Waals surface area contributed by atoms with Gasteiger partial charge in [-0.05, 0) is 6.42 Å². The monoisotopic (exact) mass is 197 g/mol. The second-order valence-electron chi connectivity index (χ2n) is 3.25. The van der Waals surface area contributed by atoms with Crippen molar-refractivity contribution in [1.82, 2.24) is 10.1 Å². The number of hydrogen-bond acceptors (Lipinski definition) is 3. The van der Waals surface area contributed by atoms with Crippen LogP contribution < -0.4 is 5.32 Å². The van der Waals surface area contributed by atoms with Crippen molar-refractivity contribution < 1.29 is 9.32 Å². The van der Waals surface area contributed by atoms with Crippen LogP contribution in [-0.4, -0.2) is 30.2 Å². The quantitative estimate of drug-likeness (QED) is 0.802. The van der Waals surface area contributed by atoms with E-state index in [1.807, 2.05) is 0 Å². The summed E-state index contributed by atoms with van der Waals surface area (Å²) in [6, 6.07) is 1.53. The minimum atomic E-state index is -0.207. The molecule has 1 aromatic rings. The maximum atomic E-state index is 11.2. The van der Waals surface area contributed by atoms with E-state index in [4.69, 9.17) is 4.52 Å². The zero-order chi connectivity index (χ0) is 10.6. The second-order valence-corrected chi connectivity index (χ2v) is 3.25. The van der Waals surface area contributed by atoms with Gasteiger partial charge in [-0.2, -0.15) is 0 Å². The second kappa shape index (κ2) is 4.64. The first-order chi connectivity index (χ1) is 6.63. The zero-order valence-corrected chi connectivity index (χ0v) is 8.70. The van der Waals surface area contributed by atoms with Crippen LogP contribution in [-0.2, 0) is 6.42 Å². The number of rotatable bonds is 3. The van der Waals surface area contributed by atoms with E-state index in [-0.39, 0.29) is 6.03 Å². The Morgan fingerprint density at radius 3 is 2.93 bits per heavy atom. The molecule has 1 heterocycles. The molecule has 0 aliphatic carbocycles. The molecule has 0 aliphatic heterocycles. The first-order valence-electron chi connectivity index (χ1n) is 4.57. The molecule has 1 aromatic heterocycles. The number of aryl methyl sites for hydroxylation is 1. The van der Waals surface area contributed by atoms with Crippen LogP contribution in [0.1, 0.15) is 19.1 Å². The summed E-state index contributed by atoms with van der Waals surface area (Å²) in [5.74, 6) is 1.26. The zero-order valence-electron chi connectivity index (χ0n) is 8.70. The Bertz CT molecular complexity index is 307. The molecule has 0 unspecified atom stereocenters. The van der Waals surface area contributed by atoms with Crippen LogP contribution in [0.2, 0.25) is 0 Å². The number of hydrogen-bond donors (Lipinski definition) is 1. The summed E-state index contributed by atoms with van der Waals surface area (Å²) in [4.78, 5) is 12.7. The summed E-state index contributed by atoms with van der Waals surface area (Å²) in [6.45, 7) is 2.06. The topological polar surface area (TPSA) is 58.4 Å². The van der Waals surface area contributed by atoms with Gasteiger partial charge in [0.05, 0.1) is 0 Å². The molecule has 0 saturated heterocycles. The molecule has 78 valence electrons. The smallest absolute Gasteiger partial charge is 0.322 e.